The van der Waals surface area contributed by atoms with Crippen LogP contribution in [0.5, 0.6) is 0 Å². The Morgan fingerprint density at radius 3 is 2.33 bits per heavy atom. The number of rotatable bonds is 7. The number of carbonyl (C=O) groups excluding carboxylic acids is 1. The molecule has 7 heteroatoms. The number of carbonyl (C=O) groups is 1. The third kappa shape index (κ3) is 5.11. The largest absolute Gasteiger partial charge is 0.472 e. The maximum Gasteiger partial charge on any atom is 0.261 e. The van der Waals surface area contributed by atoms with E-state index in [0.717, 1.165) is 23.2 Å². The summed E-state index contributed by atoms with van der Waals surface area (Å²) in [6.45, 7) is 1.27. The first-order chi connectivity index (χ1) is 17.5. The fourth-order valence-corrected chi connectivity index (χ4v) is 4.11. The number of hydrogen-bond donors (Lipinski definition) is 1. The van der Waals surface area contributed by atoms with Crippen LogP contribution < -0.4 is 10.9 Å². The van der Waals surface area contributed by atoms with Crippen LogP contribution in [0.25, 0.3) is 22.0 Å². The zero-order chi connectivity index (χ0) is 25.1. The van der Waals surface area contributed by atoms with E-state index >= 15 is 0 Å². The summed E-state index contributed by atoms with van der Waals surface area (Å²) in [5.41, 5.74) is 5.76. The lowest BCUT2D eigenvalue weighted by molar-refractivity contribution is 0.102. The summed E-state index contributed by atoms with van der Waals surface area (Å²) < 4.78 is 6.59. The van der Waals surface area contributed by atoms with Crippen molar-refractivity contribution in [3.05, 3.63) is 119 Å². The molecule has 180 valence electrons. The Labute approximate surface area is 208 Å². The van der Waals surface area contributed by atoms with Gasteiger partial charge in [-0.2, -0.15) is 0 Å². The number of fused-ring (bicyclic) bond motifs is 1. The highest BCUT2D eigenvalue weighted by Crippen LogP contribution is 2.23. The number of benzene rings is 3. The molecule has 0 atom stereocenters. The van der Waals surface area contributed by atoms with Gasteiger partial charge in [0.1, 0.15) is 0 Å². The summed E-state index contributed by atoms with van der Waals surface area (Å²) in [5, 5.41) is 3.38. The second kappa shape index (κ2) is 10.0. The molecular weight excluding hydrogens is 452 g/mol. The molecule has 0 spiro atoms. The highest BCUT2D eigenvalue weighted by atomic mass is 16.3. The molecule has 5 rings (SSSR count). The second-order valence-corrected chi connectivity index (χ2v) is 9.01. The quantitative estimate of drug-likeness (QED) is 0.355. The van der Waals surface area contributed by atoms with Gasteiger partial charge >= 0.3 is 0 Å². The first-order valence-corrected chi connectivity index (χ1v) is 11.6. The van der Waals surface area contributed by atoms with E-state index in [0.29, 0.717) is 28.7 Å². The van der Waals surface area contributed by atoms with Crippen molar-refractivity contribution >= 4 is 22.5 Å². The molecule has 0 saturated heterocycles. The van der Waals surface area contributed by atoms with Gasteiger partial charge in [0.2, 0.25) is 0 Å². The molecule has 3 aromatic carbocycles. The van der Waals surface area contributed by atoms with E-state index in [1.54, 1.807) is 36.8 Å². The highest BCUT2D eigenvalue weighted by Gasteiger charge is 2.11. The average molecular weight is 479 g/mol. The van der Waals surface area contributed by atoms with Gasteiger partial charge in [-0.1, -0.05) is 36.4 Å². The molecule has 0 aliphatic heterocycles. The maximum absolute atomic E-state index is 12.9. The van der Waals surface area contributed by atoms with Gasteiger partial charge in [0, 0.05) is 23.4 Å². The van der Waals surface area contributed by atoms with E-state index in [2.05, 4.69) is 53.6 Å². The van der Waals surface area contributed by atoms with Gasteiger partial charge in [-0.15, -0.1) is 0 Å². The van der Waals surface area contributed by atoms with Crippen LogP contribution in [-0.2, 0) is 13.1 Å². The van der Waals surface area contributed by atoms with Crippen molar-refractivity contribution < 1.29 is 9.21 Å². The Morgan fingerprint density at radius 1 is 0.944 bits per heavy atom. The molecule has 1 amide bonds. The SMILES string of the molecule is CN(C)Cc1ccc(-c2ccc(NC(=O)c3ccc4c(=O)n(Cc5ccoc5)cnc4c3)cc2)cc1. The summed E-state index contributed by atoms with van der Waals surface area (Å²) >= 11 is 0. The normalized spacial score (nSPS) is 11.2. The van der Waals surface area contributed by atoms with Crippen molar-refractivity contribution in [1.82, 2.24) is 14.5 Å². The Bertz CT molecular complexity index is 1550. The monoisotopic (exact) mass is 478 g/mol. The van der Waals surface area contributed by atoms with Crippen molar-refractivity contribution in [2.75, 3.05) is 19.4 Å². The number of hydrogen-bond acceptors (Lipinski definition) is 5. The fraction of sp³-hybridized carbons (Fsp3) is 0.138. The number of anilines is 1. The van der Waals surface area contributed by atoms with Crippen molar-refractivity contribution in [2.24, 2.45) is 0 Å². The highest BCUT2D eigenvalue weighted by molar-refractivity contribution is 6.06. The number of aromatic nitrogens is 2. The van der Waals surface area contributed by atoms with Crippen molar-refractivity contribution in [3.63, 3.8) is 0 Å². The molecule has 0 unspecified atom stereocenters. The van der Waals surface area contributed by atoms with E-state index < -0.39 is 0 Å². The predicted octanol–water partition coefficient (Wildman–Crippen LogP) is 5.02. The molecule has 0 saturated carbocycles. The number of amides is 1. The summed E-state index contributed by atoms with van der Waals surface area (Å²) in [6.07, 6.45) is 4.65. The molecule has 0 bridgehead atoms. The molecule has 36 heavy (non-hydrogen) atoms. The first-order valence-electron chi connectivity index (χ1n) is 11.6. The number of nitrogens with one attached hydrogen (secondary N) is 1. The molecule has 0 aliphatic rings. The van der Waals surface area contributed by atoms with Crippen molar-refractivity contribution in [2.45, 2.75) is 13.1 Å². The second-order valence-electron chi connectivity index (χ2n) is 9.01. The Morgan fingerprint density at radius 2 is 1.67 bits per heavy atom. The first kappa shape index (κ1) is 23.3. The Hall–Kier alpha value is -4.49. The van der Waals surface area contributed by atoms with Crippen LogP contribution in [0.4, 0.5) is 5.69 Å². The fourth-order valence-electron chi connectivity index (χ4n) is 4.11. The van der Waals surface area contributed by atoms with E-state index in [1.165, 1.54) is 16.5 Å². The molecule has 2 heterocycles. The minimum absolute atomic E-state index is 0.168. The molecule has 0 radical (unpaired) electrons. The Balaban J connectivity index is 1.29. The zero-order valence-electron chi connectivity index (χ0n) is 20.1. The molecule has 1 N–H and O–H groups in total. The standard InChI is InChI=1S/C29H26N4O3/c1-32(2)16-20-3-5-22(6-4-20)23-7-10-25(11-8-23)31-28(34)24-9-12-26-27(15-24)30-19-33(29(26)35)17-21-13-14-36-18-21/h3-15,18-19H,16-17H2,1-2H3,(H,31,34). The van der Waals surface area contributed by atoms with Gasteiger partial charge in [-0.05, 0) is 67.2 Å². The number of nitrogens with zero attached hydrogens (tertiary/aromatic N) is 3. The molecule has 5 aromatic rings. The number of furan rings is 1. The summed E-state index contributed by atoms with van der Waals surface area (Å²) in [7, 11) is 4.10. The molecule has 0 fully saturated rings. The van der Waals surface area contributed by atoms with Crippen LogP contribution >= 0.6 is 0 Å². The van der Waals surface area contributed by atoms with Crippen LogP contribution in [0.15, 0.2) is 101 Å². The zero-order valence-corrected chi connectivity index (χ0v) is 20.1. The van der Waals surface area contributed by atoms with Crippen LogP contribution in [0.2, 0.25) is 0 Å². The van der Waals surface area contributed by atoms with Gasteiger partial charge in [-0.3, -0.25) is 14.2 Å². The Kier molecular flexibility index (Phi) is 6.47. The lowest BCUT2D eigenvalue weighted by Gasteiger charge is -2.11. The van der Waals surface area contributed by atoms with E-state index in [9.17, 15) is 9.59 Å². The van der Waals surface area contributed by atoms with E-state index in [4.69, 9.17) is 4.42 Å². The summed E-state index contributed by atoms with van der Waals surface area (Å²) in [6, 6.07) is 23.0. The predicted molar refractivity (Wildman–Crippen MR) is 141 cm³/mol. The van der Waals surface area contributed by atoms with Crippen LogP contribution in [0.1, 0.15) is 21.5 Å². The topological polar surface area (TPSA) is 80.4 Å². The van der Waals surface area contributed by atoms with Gasteiger partial charge in [-0.25, -0.2) is 4.98 Å². The van der Waals surface area contributed by atoms with Crippen LogP contribution in [-0.4, -0.2) is 34.5 Å². The van der Waals surface area contributed by atoms with Crippen LogP contribution in [0.3, 0.4) is 0 Å². The summed E-state index contributed by atoms with van der Waals surface area (Å²) in [5.74, 6) is -0.262. The van der Waals surface area contributed by atoms with E-state index in [-0.39, 0.29) is 11.5 Å². The van der Waals surface area contributed by atoms with Gasteiger partial charge in [0.15, 0.2) is 0 Å². The van der Waals surface area contributed by atoms with Crippen molar-refractivity contribution in [3.8, 4) is 11.1 Å². The molecule has 2 aromatic heterocycles. The third-order valence-corrected chi connectivity index (χ3v) is 5.95. The third-order valence-electron chi connectivity index (χ3n) is 5.95. The average Bonchev–Trinajstić information content (AvgIpc) is 3.39. The van der Waals surface area contributed by atoms with Gasteiger partial charge < -0.3 is 14.6 Å². The lowest BCUT2D eigenvalue weighted by Crippen LogP contribution is -2.21. The minimum atomic E-state index is -0.262. The lowest BCUT2D eigenvalue weighted by atomic mass is 10.0. The van der Waals surface area contributed by atoms with Gasteiger partial charge in [0.25, 0.3) is 11.5 Å². The van der Waals surface area contributed by atoms with Crippen molar-refractivity contribution in [1.29, 1.82) is 0 Å². The van der Waals surface area contributed by atoms with E-state index in [1.807, 2.05) is 24.3 Å². The smallest absolute Gasteiger partial charge is 0.261 e. The maximum atomic E-state index is 12.9. The molecule has 7 nitrogen and oxygen atoms in total. The summed E-state index contributed by atoms with van der Waals surface area (Å²) in [4.78, 5) is 32.2. The van der Waals surface area contributed by atoms with Crippen LogP contribution in [0, 0.1) is 0 Å². The molecular formula is C29H26N4O3. The minimum Gasteiger partial charge on any atom is -0.472 e. The molecule has 0 aliphatic carbocycles. The van der Waals surface area contributed by atoms with Gasteiger partial charge in [0.05, 0.1) is 36.3 Å².